The summed E-state index contributed by atoms with van der Waals surface area (Å²) in [5.41, 5.74) is 11.5. The molecule has 0 radical (unpaired) electrons. The van der Waals surface area contributed by atoms with Crippen molar-refractivity contribution in [3.8, 4) is 22.4 Å². The Labute approximate surface area is 332 Å². The number of hydrogen-bond donors (Lipinski definition) is 0. The first-order chi connectivity index (χ1) is 28.1. The first kappa shape index (κ1) is 35.2. The molecule has 272 valence electrons. The third-order valence-corrected chi connectivity index (χ3v) is 10.5. The van der Waals surface area contributed by atoms with Gasteiger partial charge in [-0.2, -0.15) is 0 Å². The highest BCUT2D eigenvalue weighted by molar-refractivity contribution is 6.14. The number of para-hydroxylation sites is 1. The Morgan fingerprint density at radius 2 is 1.32 bits per heavy atom. The summed E-state index contributed by atoms with van der Waals surface area (Å²) in [7, 11) is 0. The summed E-state index contributed by atoms with van der Waals surface area (Å²) in [6, 6.07) is 55.0. The minimum Gasteiger partial charge on any atom is -0.341 e. The minimum atomic E-state index is 0.501. The maximum atomic E-state index is 5.21. The van der Waals surface area contributed by atoms with Gasteiger partial charge in [0.15, 0.2) is 0 Å². The van der Waals surface area contributed by atoms with E-state index in [0.717, 1.165) is 90.1 Å². The summed E-state index contributed by atoms with van der Waals surface area (Å²) in [6.07, 6.45) is 10.4. The van der Waals surface area contributed by atoms with E-state index in [0.29, 0.717) is 6.54 Å². The van der Waals surface area contributed by atoms with Crippen molar-refractivity contribution in [2.45, 2.75) is 6.54 Å². The summed E-state index contributed by atoms with van der Waals surface area (Å²) in [5.74, 6) is 0. The molecule has 0 N–H and O–H groups in total. The predicted molar refractivity (Wildman–Crippen MR) is 243 cm³/mol. The van der Waals surface area contributed by atoms with Crippen LogP contribution in [0.1, 0.15) is 16.7 Å². The van der Waals surface area contributed by atoms with E-state index in [1.807, 2.05) is 24.3 Å². The van der Waals surface area contributed by atoms with Crippen LogP contribution in [-0.4, -0.2) is 30.7 Å². The van der Waals surface area contributed by atoms with E-state index in [4.69, 9.17) is 9.98 Å². The monoisotopic (exact) mass is 733 g/mol. The van der Waals surface area contributed by atoms with Crippen LogP contribution in [0.15, 0.2) is 203 Å². The number of nitrogens with zero attached hydrogens (tertiary/aromatic N) is 5. The first-order valence-corrected chi connectivity index (χ1v) is 19.1. The largest absolute Gasteiger partial charge is 0.341 e. The molecule has 0 atom stereocenters. The van der Waals surface area contributed by atoms with Crippen molar-refractivity contribution < 1.29 is 0 Å². The number of aliphatic imine (C=N–C) groups is 3. The van der Waals surface area contributed by atoms with Crippen LogP contribution in [0.25, 0.3) is 60.5 Å². The molecule has 0 aliphatic carbocycles. The van der Waals surface area contributed by atoms with Crippen molar-refractivity contribution in [3.05, 3.63) is 205 Å². The third-order valence-electron chi connectivity index (χ3n) is 10.5. The van der Waals surface area contributed by atoms with Crippen molar-refractivity contribution in [2.24, 2.45) is 15.0 Å². The molecule has 2 heterocycles. The number of pyridine rings is 1. The molecule has 9 rings (SSSR count). The Bertz CT molecular complexity index is 2950. The standard InChI is InChI=1S/C52H39N5/c1-53-48(43-27-25-37-13-4-6-15-40(37)31-43)34-49(44-28-26-38-14-5-7-16-41(38)32-44)55-35-36-21-23-39(24-22-36)42-17-12-18-45(33-42)50-52(57-29-10-3-11-30-57)51(54-2)46-19-8-9-20-47(46)56-50/h3-29,31-34H,1-2,30,35H2/b48-34-,55-49+. The lowest BCUT2D eigenvalue weighted by Crippen LogP contribution is -2.19. The summed E-state index contributed by atoms with van der Waals surface area (Å²) in [5, 5.41) is 5.67. The zero-order chi connectivity index (χ0) is 38.6. The lowest BCUT2D eigenvalue weighted by atomic mass is 9.98. The van der Waals surface area contributed by atoms with Crippen LogP contribution < -0.4 is 4.90 Å². The van der Waals surface area contributed by atoms with Crippen LogP contribution in [0.5, 0.6) is 0 Å². The molecule has 0 bridgehead atoms. The van der Waals surface area contributed by atoms with Gasteiger partial charge in [0.1, 0.15) is 0 Å². The molecule has 0 saturated carbocycles. The van der Waals surface area contributed by atoms with Crippen molar-refractivity contribution in [1.82, 2.24) is 4.98 Å². The number of anilines is 1. The third kappa shape index (κ3) is 7.22. The van der Waals surface area contributed by atoms with Crippen LogP contribution in [0.4, 0.5) is 11.4 Å². The van der Waals surface area contributed by atoms with Gasteiger partial charge in [-0.25, -0.2) is 4.98 Å². The normalized spacial score (nSPS) is 13.1. The van der Waals surface area contributed by atoms with Crippen LogP contribution in [0.3, 0.4) is 0 Å². The maximum absolute atomic E-state index is 5.21. The highest BCUT2D eigenvalue weighted by Crippen LogP contribution is 2.43. The zero-order valence-corrected chi connectivity index (χ0v) is 31.5. The molecular weight excluding hydrogens is 695 g/mol. The molecule has 1 aliphatic heterocycles. The van der Waals surface area contributed by atoms with E-state index in [-0.39, 0.29) is 0 Å². The molecule has 5 nitrogen and oxygen atoms in total. The van der Waals surface area contributed by atoms with Crippen molar-refractivity contribution in [3.63, 3.8) is 0 Å². The fourth-order valence-corrected chi connectivity index (χ4v) is 7.54. The van der Waals surface area contributed by atoms with E-state index >= 15 is 0 Å². The topological polar surface area (TPSA) is 53.2 Å². The van der Waals surface area contributed by atoms with Gasteiger partial charge in [0.05, 0.1) is 40.5 Å². The van der Waals surface area contributed by atoms with Gasteiger partial charge in [0.25, 0.3) is 0 Å². The van der Waals surface area contributed by atoms with E-state index in [2.05, 4.69) is 192 Å². The molecule has 57 heavy (non-hydrogen) atoms. The molecule has 8 aromatic rings. The Morgan fingerprint density at radius 1 is 0.632 bits per heavy atom. The molecule has 0 unspecified atom stereocenters. The van der Waals surface area contributed by atoms with Gasteiger partial charge in [-0.05, 0) is 88.1 Å². The minimum absolute atomic E-state index is 0.501. The molecule has 0 saturated heterocycles. The van der Waals surface area contributed by atoms with E-state index in [1.165, 1.54) is 10.8 Å². The molecular formula is C52H39N5. The fourth-order valence-electron chi connectivity index (χ4n) is 7.54. The number of benzene rings is 7. The number of fused-ring (bicyclic) bond motifs is 3. The van der Waals surface area contributed by atoms with Crippen LogP contribution in [0.2, 0.25) is 0 Å². The summed E-state index contributed by atoms with van der Waals surface area (Å²) >= 11 is 0. The zero-order valence-electron chi connectivity index (χ0n) is 31.5. The van der Waals surface area contributed by atoms with Gasteiger partial charge in [-0.15, -0.1) is 0 Å². The molecule has 0 fully saturated rings. The molecule has 0 amide bonds. The Morgan fingerprint density at radius 3 is 2.04 bits per heavy atom. The van der Waals surface area contributed by atoms with Crippen LogP contribution >= 0.6 is 0 Å². The maximum Gasteiger partial charge on any atom is 0.0975 e. The Balaban J connectivity index is 1.05. The van der Waals surface area contributed by atoms with Crippen molar-refractivity contribution in [2.75, 3.05) is 11.4 Å². The number of hydrogen-bond acceptors (Lipinski definition) is 5. The average molecular weight is 734 g/mol. The Hall–Kier alpha value is -7.50. The Kier molecular flexibility index (Phi) is 9.70. The fraction of sp³-hybridized carbons (Fsp3) is 0.0385. The lowest BCUT2D eigenvalue weighted by Gasteiger charge is -2.26. The van der Waals surface area contributed by atoms with Crippen LogP contribution in [0, 0.1) is 0 Å². The first-order valence-electron chi connectivity index (χ1n) is 19.1. The second-order valence-electron chi connectivity index (χ2n) is 14.0. The summed E-state index contributed by atoms with van der Waals surface area (Å²) < 4.78 is 0. The van der Waals surface area contributed by atoms with Crippen molar-refractivity contribution >= 4 is 68.7 Å². The number of aromatic nitrogens is 1. The molecule has 7 aromatic carbocycles. The average Bonchev–Trinajstić information content (AvgIpc) is 3.28. The molecule has 1 aliphatic rings. The highest BCUT2D eigenvalue weighted by atomic mass is 15.1. The summed E-state index contributed by atoms with van der Waals surface area (Å²) in [6.45, 7) is 9.16. The SMILES string of the molecule is C=N/C(=C\C(=N/Cc1ccc(-c2cccc(-c3nc4ccccc4c(N=C)c3N3C=CC=CC3)c2)cc1)c1ccc2ccccc2c1)c1ccc2ccccc2c1. The van der Waals surface area contributed by atoms with Crippen LogP contribution in [-0.2, 0) is 6.54 Å². The van der Waals surface area contributed by atoms with Crippen molar-refractivity contribution in [1.29, 1.82) is 0 Å². The van der Waals surface area contributed by atoms with Gasteiger partial charge in [0.2, 0.25) is 0 Å². The molecule has 1 aromatic heterocycles. The predicted octanol–water partition coefficient (Wildman–Crippen LogP) is 12.8. The van der Waals surface area contributed by atoms with Gasteiger partial charge < -0.3 is 4.90 Å². The van der Waals surface area contributed by atoms with E-state index in [1.54, 1.807) is 0 Å². The smallest absolute Gasteiger partial charge is 0.0975 e. The molecule has 0 spiro atoms. The second kappa shape index (κ2) is 15.7. The van der Waals surface area contributed by atoms with E-state index < -0.39 is 0 Å². The quantitative estimate of drug-likeness (QED) is 0.131. The van der Waals surface area contributed by atoms with Gasteiger partial charge in [-0.1, -0.05) is 146 Å². The number of rotatable bonds is 10. The second-order valence-corrected chi connectivity index (χ2v) is 14.0. The van der Waals surface area contributed by atoms with Gasteiger partial charge >= 0.3 is 0 Å². The lowest BCUT2D eigenvalue weighted by molar-refractivity contribution is 1.07. The van der Waals surface area contributed by atoms with Gasteiger partial charge in [0, 0.05) is 34.8 Å². The number of allylic oxidation sites excluding steroid dienone is 3. The van der Waals surface area contributed by atoms with Gasteiger partial charge in [-0.3, -0.25) is 15.0 Å². The van der Waals surface area contributed by atoms with E-state index in [9.17, 15) is 0 Å². The summed E-state index contributed by atoms with van der Waals surface area (Å²) in [4.78, 5) is 21.6. The molecule has 5 heteroatoms. The highest BCUT2D eigenvalue weighted by Gasteiger charge is 2.21.